The number of ether oxygens (including phenoxy) is 4. The Hall–Kier alpha value is -3.43. The van der Waals surface area contributed by atoms with Crippen LogP contribution in [0.1, 0.15) is 22.6 Å². The fraction of sp³-hybridized carbons (Fsp3) is 0.269. The van der Waals surface area contributed by atoms with Gasteiger partial charge >= 0.3 is 5.97 Å². The van der Waals surface area contributed by atoms with E-state index in [1.807, 2.05) is 6.07 Å². The molecule has 1 aliphatic heterocycles. The van der Waals surface area contributed by atoms with Crippen LogP contribution in [0.15, 0.2) is 65.1 Å². The van der Waals surface area contributed by atoms with Gasteiger partial charge in [0.25, 0.3) is 0 Å². The fourth-order valence-electron chi connectivity index (χ4n) is 5.34. The Labute approximate surface area is 209 Å². The van der Waals surface area contributed by atoms with Crippen LogP contribution in [0.25, 0.3) is 0 Å². The van der Waals surface area contributed by atoms with Crippen molar-refractivity contribution in [3.8, 4) is 17.5 Å². The van der Waals surface area contributed by atoms with Crippen molar-refractivity contribution in [3.63, 3.8) is 0 Å². The number of methoxy groups -OCH3 is 3. The number of halogens is 1. The van der Waals surface area contributed by atoms with Crippen molar-refractivity contribution in [2.75, 3.05) is 21.3 Å². The second-order valence-corrected chi connectivity index (χ2v) is 9.29. The molecule has 4 atom stereocenters. The third-order valence-electron chi connectivity index (χ3n) is 6.77. The number of ketones is 1. The maximum atomic E-state index is 14.4. The SMILES string of the molecule is COC(=O)[C@@H]1[C@@H](c2ccccc2)C2(c3ccc(Br)cc3)Oc3cc(OC)nc(OC)c3[C@@]1(O)C2=O. The number of aliphatic hydroxyl groups is 1. The summed E-state index contributed by atoms with van der Waals surface area (Å²) in [5, 5.41) is 12.3. The fourth-order valence-corrected chi connectivity index (χ4v) is 5.61. The summed E-state index contributed by atoms with van der Waals surface area (Å²) >= 11 is 3.42. The maximum absolute atomic E-state index is 14.4. The molecule has 1 aromatic heterocycles. The van der Waals surface area contributed by atoms with Crippen LogP contribution in [-0.4, -0.2) is 43.2 Å². The zero-order valence-electron chi connectivity index (χ0n) is 19.2. The number of rotatable bonds is 5. The molecule has 35 heavy (non-hydrogen) atoms. The summed E-state index contributed by atoms with van der Waals surface area (Å²) < 4.78 is 23.2. The predicted octanol–water partition coefficient (Wildman–Crippen LogP) is 3.49. The van der Waals surface area contributed by atoms with Gasteiger partial charge < -0.3 is 24.1 Å². The molecule has 0 radical (unpaired) electrons. The number of carbonyl (C=O) groups excluding carboxylic acids is 2. The first-order valence-corrected chi connectivity index (χ1v) is 11.6. The molecule has 1 fully saturated rings. The van der Waals surface area contributed by atoms with Gasteiger partial charge in [0.2, 0.25) is 23.1 Å². The van der Waals surface area contributed by atoms with Crippen molar-refractivity contribution in [3.05, 3.63) is 81.8 Å². The van der Waals surface area contributed by atoms with E-state index in [0.29, 0.717) is 11.1 Å². The van der Waals surface area contributed by atoms with Crippen LogP contribution in [0.4, 0.5) is 0 Å². The Kier molecular flexibility index (Phi) is 5.56. The van der Waals surface area contributed by atoms with E-state index in [9.17, 15) is 14.7 Å². The van der Waals surface area contributed by atoms with Crippen LogP contribution < -0.4 is 14.2 Å². The molecule has 3 aromatic rings. The van der Waals surface area contributed by atoms with Gasteiger partial charge in [0.15, 0.2) is 5.60 Å². The molecule has 5 rings (SSSR count). The standard InChI is InChI=1S/C26H22BrNO7/c1-32-18-13-17-20(22(28-18)33-2)25(31)21(23(29)34-3)19(14-7-5-4-6-8-14)26(35-17,24(25)30)15-9-11-16(27)12-10-15/h4-13,19,21,31H,1-3H3/t19-,21+,25+,26?/m1/s1. The average molecular weight is 540 g/mol. The van der Waals surface area contributed by atoms with Gasteiger partial charge in [0.05, 0.1) is 32.8 Å². The van der Waals surface area contributed by atoms with Crippen LogP contribution in [-0.2, 0) is 25.5 Å². The smallest absolute Gasteiger partial charge is 0.313 e. The number of benzene rings is 2. The summed E-state index contributed by atoms with van der Waals surface area (Å²) in [6.07, 6.45) is 0. The van der Waals surface area contributed by atoms with Crippen molar-refractivity contribution < 1.29 is 33.6 Å². The normalized spacial score (nSPS) is 26.5. The Morgan fingerprint density at radius 3 is 2.34 bits per heavy atom. The molecule has 1 unspecified atom stereocenters. The first-order valence-electron chi connectivity index (χ1n) is 10.8. The molecule has 9 heteroatoms. The molecule has 0 spiro atoms. The number of Topliss-reactive ketones (excluding diaryl/α,β-unsaturated/α-hetero) is 1. The summed E-state index contributed by atoms with van der Waals surface area (Å²) in [4.78, 5) is 32.0. The van der Waals surface area contributed by atoms with E-state index < -0.39 is 34.8 Å². The minimum atomic E-state index is -2.35. The monoisotopic (exact) mass is 539 g/mol. The molecule has 8 nitrogen and oxygen atoms in total. The highest BCUT2D eigenvalue weighted by Crippen LogP contribution is 2.66. The van der Waals surface area contributed by atoms with Crippen LogP contribution in [0.2, 0.25) is 0 Å². The lowest BCUT2D eigenvalue weighted by Crippen LogP contribution is -2.51. The van der Waals surface area contributed by atoms with Crippen molar-refractivity contribution in [2.24, 2.45) is 5.92 Å². The molecule has 1 saturated carbocycles. The van der Waals surface area contributed by atoms with Gasteiger partial charge in [-0.15, -0.1) is 0 Å². The average Bonchev–Trinajstić information content (AvgIpc) is 3.01. The first kappa shape index (κ1) is 23.3. The molecule has 0 amide bonds. The number of hydrogen-bond donors (Lipinski definition) is 1. The van der Waals surface area contributed by atoms with E-state index in [0.717, 1.165) is 4.47 Å². The summed E-state index contributed by atoms with van der Waals surface area (Å²) in [7, 11) is 4.00. The molecule has 2 bridgehead atoms. The van der Waals surface area contributed by atoms with Gasteiger partial charge in [0, 0.05) is 16.1 Å². The Morgan fingerprint density at radius 1 is 1.06 bits per heavy atom. The van der Waals surface area contributed by atoms with Gasteiger partial charge in [-0.1, -0.05) is 58.4 Å². The van der Waals surface area contributed by atoms with E-state index in [2.05, 4.69) is 20.9 Å². The maximum Gasteiger partial charge on any atom is 0.313 e. The van der Waals surface area contributed by atoms with Gasteiger partial charge in [-0.3, -0.25) is 9.59 Å². The van der Waals surface area contributed by atoms with Crippen molar-refractivity contribution in [1.82, 2.24) is 4.98 Å². The van der Waals surface area contributed by atoms with Crippen LogP contribution in [0.3, 0.4) is 0 Å². The molecule has 2 heterocycles. The largest absolute Gasteiger partial charge is 0.481 e. The number of fused-ring (bicyclic) bond motifs is 4. The number of hydrogen-bond acceptors (Lipinski definition) is 8. The molecular weight excluding hydrogens is 518 g/mol. The Balaban J connectivity index is 1.91. The highest BCUT2D eigenvalue weighted by atomic mass is 79.9. The van der Waals surface area contributed by atoms with Crippen molar-refractivity contribution >= 4 is 27.7 Å². The lowest BCUT2D eigenvalue weighted by molar-refractivity contribution is -0.162. The van der Waals surface area contributed by atoms with Gasteiger partial charge in [-0.2, -0.15) is 4.98 Å². The van der Waals surface area contributed by atoms with Crippen LogP contribution in [0, 0.1) is 5.92 Å². The third-order valence-corrected chi connectivity index (χ3v) is 7.30. The highest BCUT2D eigenvalue weighted by molar-refractivity contribution is 9.10. The van der Waals surface area contributed by atoms with Crippen molar-refractivity contribution in [1.29, 1.82) is 0 Å². The van der Waals surface area contributed by atoms with Gasteiger partial charge in [-0.25, -0.2) is 0 Å². The lowest BCUT2D eigenvalue weighted by atomic mass is 9.75. The molecule has 180 valence electrons. The Morgan fingerprint density at radius 2 is 1.74 bits per heavy atom. The quantitative estimate of drug-likeness (QED) is 0.491. The summed E-state index contributed by atoms with van der Waals surface area (Å²) in [6.45, 7) is 0. The number of esters is 1. The molecule has 0 saturated heterocycles. The topological polar surface area (TPSA) is 104 Å². The third kappa shape index (κ3) is 3.11. The van der Waals surface area contributed by atoms with E-state index in [-0.39, 0.29) is 23.1 Å². The Bertz CT molecular complexity index is 1310. The lowest BCUT2D eigenvalue weighted by Gasteiger charge is -2.39. The molecule has 1 N–H and O–H groups in total. The second kappa shape index (κ2) is 8.35. The van der Waals surface area contributed by atoms with E-state index in [1.54, 1.807) is 48.5 Å². The van der Waals surface area contributed by atoms with E-state index >= 15 is 0 Å². The minimum Gasteiger partial charge on any atom is -0.481 e. The minimum absolute atomic E-state index is 0.0348. The predicted molar refractivity (Wildman–Crippen MR) is 127 cm³/mol. The molecule has 2 aliphatic rings. The summed E-state index contributed by atoms with van der Waals surface area (Å²) in [5.41, 5.74) is -3.03. The number of carbonyl (C=O) groups is 2. The number of aromatic nitrogens is 1. The van der Waals surface area contributed by atoms with Crippen molar-refractivity contribution in [2.45, 2.75) is 17.1 Å². The van der Waals surface area contributed by atoms with Crippen LogP contribution >= 0.6 is 15.9 Å². The number of pyridine rings is 1. The summed E-state index contributed by atoms with van der Waals surface area (Å²) in [5.74, 6) is -3.53. The molecule has 2 aromatic carbocycles. The second-order valence-electron chi connectivity index (χ2n) is 8.38. The van der Waals surface area contributed by atoms with Crippen LogP contribution in [0.5, 0.6) is 17.5 Å². The summed E-state index contributed by atoms with van der Waals surface area (Å²) in [6, 6.07) is 17.5. The van der Waals surface area contributed by atoms with E-state index in [4.69, 9.17) is 18.9 Å². The molecular formula is C26H22BrNO7. The van der Waals surface area contributed by atoms with Gasteiger partial charge in [0.1, 0.15) is 11.7 Å². The first-order chi connectivity index (χ1) is 16.8. The van der Waals surface area contributed by atoms with E-state index in [1.165, 1.54) is 27.4 Å². The zero-order chi connectivity index (χ0) is 25.0. The number of nitrogens with zero attached hydrogens (tertiary/aromatic N) is 1. The van der Waals surface area contributed by atoms with Gasteiger partial charge in [-0.05, 0) is 17.7 Å². The highest BCUT2D eigenvalue weighted by Gasteiger charge is 2.77. The molecule has 1 aliphatic carbocycles. The zero-order valence-corrected chi connectivity index (χ0v) is 20.7.